The highest BCUT2D eigenvalue weighted by atomic mass is 16.4. The number of pyridine rings is 1. The number of carboxylic acids is 1. The van der Waals surface area contributed by atoms with Crippen molar-refractivity contribution in [2.45, 2.75) is 38.5 Å². The minimum absolute atomic E-state index is 0.309. The van der Waals surface area contributed by atoms with Gasteiger partial charge in [-0.05, 0) is 70.8 Å². The summed E-state index contributed by atoms with van der Waals surface area (Å²) in [5.41, 5.74) is 2.49. The summed E-state index contributed by atoms with van der Waals surface area (Å²) >= 11 is 0. The average Bonchev–Trinajstić information content (AvgIpc) is 2.45. The standard InChI is InChI=1S/C16H25N3O2/c1-19(2)10-6-5-9-17-15-13(16(20)21)11-12-7-3-4-8-14(12)18-15/h11H,3-10H2,1-2H3,(H,17,18)(H,20,21). The Balaban J connectivity index is 2.01. The maximum absolute atomic E-state index is 11.4. The van der Waals surface area contributed by atoms with E-state index in [4.69, 9.17) is 0 Å². The number of rotatable bonds is 7. The lowest BCUT2D eigenvalue weighted by molar-refractivity contribution is 0.0697. The zero-order valence-electron chi connectivity index (χ0n) is 13.0. The van der Waals surface area contributed by atoms with Gasteiger partial charge in [0, 0.05) is 12.2 Å². The molecular formula is C16H25N3O2. The van der Waals surface area contributed by atoms with Crippen LogP contribution in [0.15, 0.2) is 6.07 Å². The van der Waals surface area contributed by atoms with Gasteiger partial charge < -0.3 is 15.3 Å². The molecule has 0 aromatic carbocycles. The predicted octanol–water partition coefficient (Wildman–Crippen LogP) is 2.41. The number of aromatic nitrogens is 1. The van der Waals surface area contributed by atoms with Crippen LogP contribution in [0, 0.1) is 0 Å². The van der Waals surface area contributed by atoms with Gasteiger partial charge in [-0.3, -0.25) is 0 Å². The molecule has 5 nitrogen and oxygen atoms in total. The van der Waals surface area contributed by atoms with Crippen LogP contribution >= 0.6 is 0 Å². The third-order valence-electron chi connectivity index (χ3n) is 3.86. The number of aryl methyl sites for hydroxylation is 2. The maximum atomic E-state index is 11.4. The lowest BCUT2D eigenvalue weighted by Gasteiger charge is -2.18. The molecule has 116 valence electrons. The first-order valence-electron chi connectivity index (χ1n) is 7.72. The molecule has 21 heavy (non-hydrogen) atoms. The maximum Gasteiger partial charge on any atom is 0.339 e. The summed E-state index contributed by atoms with van der Waals surface area (Å²) in [6, 6.07) is 1.81. The van der Waals surface area contributed by atoms with Gasteiger partial charge in [-0.25, -0.2) is 9.78 Å². The zero-order chi connectivity index (χ0) is 15.2. The van der Waals surface area contributed by atoms with Gasteiger partial charge in [0.05, 0.1) is 0 Å². The van der Waals surface area contributed by atoms with Gasteiger partial charge >= 0.3 is 5.97 Å². The third kappa shape index (κ3) is 4.43. The highest BCUT2D eigenvalue weighted by molar-refractivity contribution is 5.93. The summed E-state index contributed by atoms with van der Waals surface area (Å²) in [5.74, 6) is -0.361. The quantitative estimate of drug-likeness (QED) is 0.755. The van der Waals surface area contributed by atoms with Gasteiger partial charge in [-0.2, -0.15) is 0 Å². The van der Waals surface area contributed by atoms with Crippen molar-refractivity contribution >= 4 is 11.8 Å². The predicted molar refractivity (Wildman–Crippen MR) is 84.1 cm³/mol. The van der Waals surface area contributed by atoms with Crippen molar-refractivity contribution in [3.05, 3.63) is 22.9 Å². The Morgan fingerprint density at radius 1 is 1.33 bits per heavy atom. The van der Waals surface area contributed by atoms with Crippen LogP contribution in [0.2, 0.25) is 0 Å². The number of aromatic carboxylic acids is 1. The summed E-state index contributed by atoms with van der Waals surface area (Å²) in [4.78, 5) is 18.1. The molecule has 0 radical (unpaired) electrons. The van der Waals surface area contributed by atoms with Crippen LogP contribution in [0.25, 0.3) is 0 Å². The molecule has 1 aliphatic rings. The molecule has 1 aliphatic carbocycles. The molecule has 0 bridgehead atoms. The lowest BCUT2D eigenvalue weighted by Crippen LogP contribution is -2.16. The van der Waals surface area contributed by atoms with E-state index in [1.54, 1.807) is 0 Å². The molecule has 2 rings (SSSR count). The van der Waals surface area contributed by atoms with Crippen LogP contribution in [0.4, 0.5) is 5.82 Å². The molecule has 0 unspecified atom stereocenters. The molecule has 2 N–H and O–H groups in total. The average molecular weight is 291 g/mol. The van der Waals surface area contributed by atoms with Crippen LogP contribution in [-0.4, -0.2) is 48.1 Å². The van der Waals surface area contributed by atoms with E-state index in [9.17, 15) is 9.90 Å². The van der Waals surface area contributed by atoms with Crippen molar-refractivity contribution in [1.29, 1.82) is 0 Å². The molecule has 0 saturated carbocycles. The largest absolute Gasteiger partial charge is 0.478 e. The topological polar surface area (TPSA) is 65.5 Å². The smallest absolute Gasteiger partial charge is 0.339 e. The number of anilines is 1. The van der Waals surface area contributed by atoms with Crippen molar-refractivity contribution in [1.82, 2.24) is 9.88 Å². The molecule has 5 heteroatoms. The number of hydrogen-bond donors (Lipinski definition) is 2. The second-order valence-electron chi connectivity index (χ2n) is 5.94. The summed E-state index contributed by atoms with van der Waals surface area (Å²) < 4.78 is 0. The minimum Gasteiger partial charge on any atom is -0.478 e. The Hall–Kier alpha value is -1.62. The molecule has 0 atom stereocenters. The highest BCUT2D eigenvalue weighted by Crippen LogP contribution is 2.24. The van der Waals surface area contributed by atoms with Gasteiger partial charge in [-0.1, -0.05) is 0 Å². The number of hydrogen-bond acceptors (Lipinski definition) is 4. The van der Waals surface area contributed by atoms with Crippen LogP contribution in [0.3, 0.4) is 0 Å². The SMILES string of the molecule is CN(C)CCCCNc1nc2c(cc1C(=O)O)CCCC2. The first kappa shape index (κ1) is 15.8. The second kappa shape index (κ2) is 7.41. The lowest BCUT2D eigenvalue weighted by atomic mass is 9.94. The fourth-order valence-corrected chi connectivity index (χ4v) is 2.69. The van der Waals surface area contributed by atoms with Crippen LogP contribution in [0.5, 0.6) is 0 Å². The first-order chi connectivity index (χ1) is 10.1. The Kier molecular flexibility index (Phi) is 5.56. The molecule has 0 amide bonds. The highest BCUT2D eigenvalue weighted by Gasteiger charge is 2.18. The summed E-state index contributed by atoms with van der Waals surface area (Å²) in [6.45, 7) is 1.81. The van der Waals surface area contributed by atoms with Crippen LogP contribution < -0.4 is 5.32 Å². The normalized spacial score (nSPS) is 14.0. The summed E-state index contributed by atoms with van der Waals surface area (Å²) in [7, 11) is 4.11. The van der Waals surface area contributed by atoms with Crippen molar-refractivity contribution in [2.24, 2.45) is 0 Å². The van der Waals surface area contributed by atoms with Gasteiger partial charge in [0.1, 0.15) is 11.4 Å². The van der Waals surface area contributed by atoms with E-state index in [-0.39, 0.29) is 0 Å². The van der Waals surface area contributed by atoms with Crippen molar-refractivity contribution < 1.29 is 9.90 Å². The number of carboxylic acid groups (broad SMARTS) is 1. The number of nitrogens with zero attached hydrogens (tertiary/aromatic N) is 2. The van der Waals surface area contributed by atoms with Crippen LogP contribution in [0.1, 0.15) is 47.3 Å². The van der Waals surface area contributed by atoms with Gasteiger partial charge in [0.2, 0.25) is 0 Å². The van der Waals surface area contributed by atoms with E-state index in [2.05, 4.69) is 29.3 Å². The molecule has 1 aromatic heterocycles. The van der Waals surface area contributed by atoms with E-state index in [1.807, 2.05) is 6.07 Å². The minimum atomic E-state index is -0.897. The summed E-state index contributed by atoms with van der Waals surface area (Å²) in [5, 5.41) is 12.6. The monoisotopic (exact) mass is 291 g/mol. The fourth-order valence-electron chi connectivity index (χ4n) is 2.69. The van der Waals surface area contributed by atoms with Crippen molar-refractivity contribution in [3.8, 4) is 0 Å². The van der Waals surface area contributed by atoms with Gasteiger partial charge in [0.15, 0.2) is 0 Å². The van der Waals surface area contributed by atoms with Gasteiger partial charge in [0.25, 0.3) is 0 Å². The van der Waals surface area contributed by atoms with Crippen molar-refractivity contribution in [3.63, 3.8) is 0 Å². The van der Waals surface area contributed by atoms with Crippen molar-refractivity contribution in [2.75, 3.05) is 32.5 Å². The molecule has 0 spiro atoms. The van der Waals surface area contributed by atoms with E-state index in [0.717, 1.165) is 62.9 Å². The molecular weight excluding hydrogens is 266 g/mol. The molecule has 0 saturated heterocycles. The Labute approximate surface area is 126 Å². The Bertz CT molecular complexity index is 501. The van der Waals surface area contributed by atoms with Crippen LogP contribution in [-0.2, 0) is 12.8 Å². The first-order valence-corrected chi connectivity index (χ1v) is 7.72. The van der Waals surface area contributed by atoms with E-state index >= 15 is 0 Å². The number of fused-ring (bicyclic) bond motifs is 1. The van der Waals surface area contributed by atoms with E-state index < -0.39 is 5.97 Å². The third-order valence-corrected chi connectivity index (χ3v) is 3.86. The number of nitrogens with one attached hydrogen (secondary N) is 1. The second-order valence-corrected chi connectivity index (χ2v) is 5.94. The molecule has 0 fully saturated rings. The molecule has 1 heterocycles. The Morgan fingerprint density at radius 3 is 2.81 bits per heavy atom. The number of carbonyl (C=O) groups is 1. The molecule has 0 aliphatic heterocycles. The van der Waals surface area contributed by atoms with E-state index in [0.29, 0.717) is 11.4 Å². The summed E-state index contributed by atoms with van der Waals surface area (Å²) in [6.07, 6.45) is 6.29. The number of unbranched alkanes of at least 4 members (excludes halogenated alkanes) is 1. The molecule has 1 aromatic rings. The van der Waals surface area contributed by atoms with E-state index in [1.165, 1.54) is 0 Å². The fraction of sp³-hybridized carbons (Fsp3) is 0.625. The van der Waals surface area contributed by atoms with Gasteiger partial charge in [-0.15, -0.1) is 0 Å². The zero-order valence-corrected chi connectivity index (χ0v) is 13.0. The Morgan fingerprint density at radius 2 is 2.10 bits per heavy atom.